The zero-order valence-corrected chi connectivity index (χ0v) is 21.2. The third-order valence-electron chi connectivity index (χ3n) is 6.30. The molecule has 0 aromatic carbocycles. The summed E-state index contributed by atoms with van der Waals surface area (Å²) in [6.07, 6.45) is 4.32. The van der Waals surface area contributed by atoms with Crippen LogP contribution in [-0.4, -0.2) is 75.4 Å². The molecule has 0 spiro atoms. The number of carbonyl (C=O) groups is 2. The Morgan fingerprint density at radius 2 is 1.97 bits per heavy atom. The van der Waals surface area contributed by atoms with E-state index in [-0.39, 0.29) is 11.8 Å². The zero-order valence-electron chi connectivity index (χ0n) is 21.2. The number of hydrogen-bond donors (Lipinski definition) is 2. The molecule has 2 amide bonds. The Balaban J connectivity index is 1.49. The second-order valence-corrected chi connectivity index (χ2v) is 9.33. The number of piperazine rings is 1. The maximum Gasteiger partial charge on any atom is 0.405 e. The molecule has 1 saturated heterocycles. The van der Waals surface area contributed by atoms with Crippen molar-refractivity contribution in [3.63, 3.8) is 0 Å². The Hall–Kier alpha value is -4.33. The van der Waals surface area contributed by atoms with Crippen molar-refractivity contribution in [2.24, 2.45) is 5.92 Å². The Bertz CT molecular complexity index is 1300. The van der Waals surface area contributed by atoms with Gasteiger partial charge in [-0.3, -0.25) is 4.79 Å². The highest BCUT2D eigenvalue weighted by atomic mass is 16.5. The van der Waals surface area contributed by atoms with Gasteiger partial charge >= 0.3 is 6.09 Å². The fraction of sp³-hybridized carbons (Fsp3) is 0.423. The highest BCUT2D eigenvalue weighted by molar-refractivity contribution is 5.86. The Kier molecular flexibility index (Phi) is 7.77. The van der Waals surface area contributed by atoms with Gasteiger partial charge < -0.3 is 25.0 Å². The smallest absolute Gasteiger partial charge is 0.405 e. The fourth-order valence-corrected chi connectivity index (χ4v) is 4.60. The minimum Gasteiger partial charge on any atom is -0.492 e. The lowest BCUT2D eigenvalue weighted by molar-refractivity contribution is -0.134. The summed E-state index contributed by atoms with van der Waals surface area (Å²) >= 11 is 0. The summed E-state index contributed by atoms with van der Waals surface area (Å²) in [7, 11) is 0. The summed E-state index contributed by atoms with van der Waals surface area (Å²) in [5.74, 6) is 1.43. The first-order valence-electron chi connectivity index (χ1n) is 12.3. The molecule has 194 valence electrons. The lowest BCUT2D eigenvalue weighted by Crippen LogP contribution is -2.55. The Morgan fingerprint density at radius 1 is 1.22 bits per heavy atom. The molecule has 0 bridgehead atoms. The number of carboxylic acid groups (broad SMARTS) is 1. The molecule has 1 aliphatic rings. The average Bonchev–Trinajstić information content (AvgIpc) is 3.30. The fourth-order valence-electron chi connectivity index (χ4n) is 4.60. The molecular weight excluding hydrogens is 474 g/mol. The molecule has 0 saturated carbocycles. The van der Waals surface area contributed by atoms with E-state index in [0.29, 0.717) is 56.0 Å². The van der Waals surface area contributed by atoms with E-state index in [4.69, 9.17) is 9.84 Å². The van der Waals surface area contributed by atoms with Crippen LogP contribution in [0.3, 0.4) is 0 Å². The number of aromatic nitrogens is 3. The Labute approximate surface area is 215 Å². The molecule has 4 rings (SSSR count). The van der Waals surface area contributed by atoms with E-state index in [1.54, 1.807) is 21.8 Å². The van der Waals surface area contributed by atoms with Crippen LogP contribution in [0.4, 0.5) is 10.6 Å². The topological polar surface area (TPSA) is 136 Å². The number of pyridine rings is 2. The number of nitrogens with zero attached hydrogens (tertiary/aromatic N) is 6. The maximum atomic E-state index is 13.0. The van der Waals surface area contributed by atoms with Crippen molar-refractivity contribution in [3.8, 4) is 22.9 Å². The predicted octanol–water partition coefficient (Wildman–Crippen LogP) is 3.00. The van der Waals surface area contributed by atoms with E-state index in [1.165, 1.54) is 6.20 Å². The molecule has 1 fully saturated rings. The molecule has 1 aliphatic heterocycles. The molecule has 0 radical (unpaired) electrons. The van der Waals surface area contributed by atoms with Gasteiger partial charge in [0.05, 0.1) is 30.1 Å². The molecule has 4 heterocycles. The number of carbonyl (C=O) groups excluding carboxylic acids is 1. The zero-order chi connectivity index (χ0) is 26.5. The van der Waals surface area contributed by atoms with Crippen LogP contribution in [-0.2, 0) is 4.79 Å². The number of anilines is 1. The lowest BCUT2D eigenvalue weighted by Gasteiger charge is -2.37. The summed E-state index contributed by atoms with van der Waals surface area (Å²) in [5.41, 5.74) is 2.80. The van der Waals surface area contributed by atoms with E-state index in [0.717, 1.165) is 16.9 Å². The number of fused-ring (bicyclic) bond motifs is 1. The molecule has 37 heavy (non-hydrogen) atoms. The number of ether oxygens (including phenoxy) is 1. The summed E-state index contributed by atoms with van der Waals surface area (Å²) in [5, 5.41) is 25.3. The highest BCUT2D eigenvalue weighted by Gasteiger charge is 2.29. The second kappa shape index (κ2) is 11.2. The minimum atomic E-state index is -1.19. The molecule has 1 unspecified atom stereocenters. The number of rotatable bonds is 8. The van der Waals surface area contributed by atoms with Gasteiger partial charge in [0.1, 0.15) is 23.7 Å². The van der Waals surface area contributed by atoms with Crippen LogP contribution in [0.5, 0.6) is 5.75 Å². The number of nitriles is 1. The molecule has 11 heteroatoms. The molecule has 3 aromatic rings. The summed E-state index contributed by atoms with van der Waals surface area (Å²) in [4.78, 5) is 32.6. The van der Waals surface area contributed by atoms with Gasteiger partial charge in [-0.2, -0.15) is 10.4 Å². The van der Waals surface area contributed by atoms with Crippen LogP contribution >= 0.6 is 0 Å². The van der Waals surface area contributed by atoms with Crippen molar-refractivity contribution in [1.82, 2.24) is 24.8 Å². The van der Waals surface area contributed by atoms with E-state index < -0.39 is 12.1 Å². The van der Waals surface area contributed by atoms with Gasteiger partial charge in [0.25, 0.3) is 0 Å². The van der Waals surface area contributed by atoms with Crippen molar-refractivity contribution in [2.45, 2.75) is 33.2 Å². The normalized spacial score (nSPS) is 14.5. The van der Waals surface area contributed by atoms with Gasteiger partial charge in [0, 0.05) is 43.5 Å². The van der Waals surface area contributed by atoms with Crippen LogP contribution < -0.4 is 15.0 Å². The highest BCUT2D eigenvalue weighted by Crippen LogP contribution is 2.31. The Morgan fingerprint density at radius 3 is 2.57 bits per heavy atom. The largest absolute Gasteiger partial charge is 0.492 e. The summed E-state index contributed by atoms with van der Waals surface area (Å²) in [6, 6.07) is 7.22. The molecule has 11 nitrogen and oxygen atoms in total. The lowest BCUT2D eigenvalue weighted by atomic mass is 10.0. The molecule has 2 N–H and O–H groups in total. The maximum absolute atomic E-state index is 13.0. The molecular formula is C26H31N7O4. The van der Waals surface area contributed by atoms with Crippen LogP contribution in [0.15, 0.2) is 36.8 Å². The van der Waals surface area contributed by atoms with E-state index >= 15 is 0 Å². The van der Waals surface area contributed by atoms with Gasteiger partial charge in [0.15, 0.2) is 0 Å². The first-order chi connectivity index (χ1) is 17.8. The van der Waals surface area contributed by atoms with Gasteiger partial charge in [-0.1, -0.05) is 13.8 Å². The molecule has 1 atom stereocenters. The van der Waals surface area contributed by atoms with Crippen molar-refractivity contribution >= 4 is 23.3 Å². The summed E-state index contributed by atoms with van der Waals surface area (Å²) in [6.45, 7) is 8.48. The van der Waals surface area contributed by atoms with Crippen molar-refractivity contribution in [3.05, 3.63) is 42.4 Å². The summed E-state index contributed by atoms with van der Waals surface area (Å²) < 4.78 is 7.33. The van der Waals surface area contributed by atoms with E-state index in [1.807, 2.05) is 39.0 Å². The van der Waals surface area contributed by atoms with Crippen molar-refractivity contribution in [1.29, 1.82) is 5.26 Å². The van der Waals surface area contributed by atoms with Gasteiger partial charge in [-0.15, -0.1) is 0 Å². The SMILES string of the molecule is CCOc1cc(-c2ccc(N3CCN(C(=O)C(CC(C)C)NC(=O)O)CC3)nc2)c2c(C#N)cnn2c1. The minimum absolute atomic E-state index is 0.187. The van der Waals surface area contributed by atoms with Gasteiger partial charge in [-0.25, -0.2) is 14.3 Å². The standard InChI is InChI=1S/C26H31N7O4/c1-4-37-20-12-21(24-19(13-27)15-29-33(24)16-20)18-5-6-23(28-14-18)31-7-9-32(10-8-31)25(34)22(11-17(2)3)30-26(35)36/h5-6,12,14-17,22,30H,4,7-11H2,1-3H3,(H,35,36). The van der Waals surface area contributed by atoms with Crippen LogP contribution in [0.1, 0.15) is 32.8 Å². The van der Waals surface area contributed by atoms with Crippen molar-refractivity contribution in [2.75, 3.05) is 37.7 Å². The molecule has 0 aliphatic carbocycles. The number of nitrogens with one attached hydrogen (secondary N) is 1. The average molecular weight is 506 g/mol. The first-order valence-corrected chi connectivity index (χ1v) is 12.3. The van der Waals surface area contributed by atoms with Gasteiger partial charge in [0.2, 0.25) is 5.91 Å². The third kappa shape index (κ3) is 5.74. The second-order valence-electron chi connectivity index (χ2n) is 9.33. The predicted molar refractivity (Wildman–Crippen MR) is 138 cm³/mol. The van der Waals surface area contributed by atoms with E-state index in [2.05, 4.69) is 26.4 Å². The van der Waals surface area contributed by atoms with Gasteiger partial charge in [-0.05, 0) is 37.5 Å². The van der Waals surface area contributed by atoms with Crippen LogP contribution in [0.25, 0.3) is 16.6 Å². The van der Waals surface area contributed by atoms with Crippen molar-refractivity contribution < 1.29 is 19.4 Å². The van der Waals surface area contributed by atoms with Crippen LogP contribution in [0.2, 0.25) is 0 Å². The quantitative estimate of drug-likeness (QED) is 0.477. The number of amides is 2. The third-order valence-corrected chi connectivity index (χ3v) is 6.30. The van der Waals surface area contributed by atoms with E-state index in [9.17, 15) is 14.9 Å². The number of hydrogen-bond acceptors (Lipinski definition) is 7. The van der Waals surface area contributed by atoms with Crippen LogP contribution in [0, 0.1) is 17.2 Å². The monoisotopic (exact) mass is 505 g/mol. The first kappa shape index (κ1) is 25.8. The molecule has 3 aromatic heterocycles.